The fraction of sp³-hybridized carbons (Fsp3) is 0. The van der Waals surface area contributed by atoms with E-state index < -0.39 is 0 Å². The van der Waals surface area contributed by atoms with Crippen LogP contribution in [0, 0.1) is 0 Å². The van der Waals surface area contributed by atoms with Gasteiger partial charge in [0.05, 0.1) is 0 Å². The maximum atomic E-state index is 6.55. The van der Waals surface area contributed by atoms with Gasteiger partial charge in [-0.2, -0.15) is 0 Å². The molecule has 0 atom stereocenters. The minimum Gasteiger partial charge on any atom is -0.456 e. The second-order valence-electron chi connectivity index (χ2n) is 15.1. The second-order valence-corrected chi connectivity index (χ2v) is 15.1. The maximum Gasteiger partial charge on any atom is 0.164 e. The fourth-order valence-corrected chi connectivity index (χ4v) is 8.67. The van der Waals surface area contributed by atoms with E-state index in [4.69, 9.17) is 23.8 Å². The molecular formula is C55H33N3O2. The molecule has 3 aromatic heterocycles. The molecule has 0 aliphatic rings. The van der Waals surface area contributed by atoms with E-state index in [0.717, 1.165) is 93.9 Å². The molecule has 0 aliphatic carbocycles. The number of para-hydroxylation sites is 1. The van der Waals surface area contributed by atoms with Gasteiger partial charge in [0.2, 0.25) is 0 Å². The Kier molecular flexibility index (Phi) is 7.78. The highest BCUT2D eigenvalue weighted by molar-refractivity contribution is 6.16. The Morgan fingerprint density at radius 2 is 0.800 bits per heavy atom. The molecule has 0 aliphatic heterocycles. The van der Waals surface area contributed by atoms with E-state index in [1.165, 1.54) is 10.8 Å². The van der Waals surface area contributed by atoms with E-state index in [0.29, 0.717) is 17.5 Å². The number of aromatic nitrogens is 3. The molecule has 5 nitrogen and oxygen atoms in total. The van der Waals surface area contributed by atoms with Crippen LogP contribution in [0.2, 0.25) is 0 Å². The Balaban J connectivity index is 1.00. The lowest BCUT2D eigenvalue weighted by Crippen LogP contribution is -2.01. The molecule has 0 amide bonds. The minimum absolute atomic E-state index is 0.595. The van der Waals surface area contributed by atoms with Gasteiger partial charge in [-0.25, -0.2) is 15.0 Å². The van der Waals surface area contributed by atoms with Gasteiger partial charge in [0.15, 0.2) is 17.5 Å². The van der Waals surface area contributed by atoms with Crippen molar-refractivity contribution in [3.05, 3.63) is 200 Å². The van der Waals surface area contributed by atoms with Crippen molar-refractivity contribution >= 4 is 54.6 Å². The van der Waals surface area contributed by atoms with Gasteiger partial charge in [0.1, 0.15) is 22.3 Å². The summed E-state index contributed by atoms with van der Waals surface area (Å²) in [4.78, 5) is 15.4. The normalized spacial score (nSPS) is 11.7. The molecule has 3 heterocycles. The average Bonchev–Trinajstić information content (AvgIpc) is 3.90. The molecule has 0 spiro atoms. The summed E-state index contributed by atoms with van der Waals surface area (Å²) in [6.07, 6.45) is 0. The Hall–Kier alpha value is -8.15. The number of hydrogen-bond donors (Lipinski definition) is 0. The highest BCUT2D eigenvalue weighted by Crippen LogP contribution is 2.43. The van der Waals surface area contributed by atoms with E-state index in [1.807, 2.05) is 60.7 Å². The zero-order chi connectivity index (χ0) is 39.6. The van der Waals surface area contributed by atoms with Crippen LogP contribution in [0.1, 0.15) is 0 Å². The number of fused-ring (bicyclic) bond motifs is 7. The Labute approximate surface area is 344 Å². The molecule has 0 fully saturated rings. The van der Waals surface area contributed by atoms with Gasteiger partial charge in [0, 0.05) is 38.2 Å². The zero-order valence-electron chi connectivity index (χ0n) is 32.2. The average molecular weight is 768 g/mol. The van der Waals surface area contributed by atoms with Crippen LogP contribution in [-0.4, -0.2) is 15.0 Å². The summed E-state index contributed by atoms with van der Waals surface area (Å²) in [5.41, 5.74) is 12.7. The SMILES string of the molecule is c1ccc(-c2nc(-c3ccc(-c4ccc5ccccc5c4)cc3)nc(-c3ccccc3-c3cccc4oc5ccc(-c6cccc7oc8ccccc8c67)cc5c34)n2)cc1. The van der Waals surface area contributed by atoms with E-state index in [2.05, 4.69) is 140 Å². The quantitative estimate of drug-likeness (QED) is 0.169. The van der Waals surface area contributed by atoms with Gasteiger partial charge < -0.3 is 8.83 Å². The number of hydrogen-bond acceptors (Lipinski definition) is 5. The summed E-state index contributed by atoms with van der Waals surface area (Å²) >= 11 is 0. The molecule has 0 N–H and O–H groups in total. The Bertz CT molecular complexity index is 3600. The molecule has 12 rings (SSSR count). The summed E-state index contributed by atoms with van der Waals surface area (Å²) in [5.74, 6) is 1.81. The van der Waals surface area contributed by atoms with Crippen LogP contribution < -0.4 is 0 Å². The maximum absolute atomic E-state index is 6.55. The molecule has 5 heteroatoms. The zero-order valence-corrected chi connectivity index (χ0v) is 32.2. The van der Waals surface area contributed by atoms with Crippen molar-refractivity contribution in [2.75, 3.05) is 0 Å². The summed E-state index contributed by atoms with van der Waals surface area (Å²) in [6, 6.07) is 69.2. The molecule has 60 heavy (non-hydrogen) atoms. The molecular weight excluding hydrogens is 735 g/mol. The molecule has 0 radical (unpaired) electrons. The van der Waals surface area contributed by atoms with Crippen molar-refractivity contribution in [2.24, 2.45) is 0 Å². The van der Waals surface area contributed by atoms with E-state index in [-0.39, 0.29) is 0 Å². The third-order valence-corrected chi connectivity index (χ3v) is 11.6. The molecule has 12 aromatic rings. The summed E-state index contributed by atoms with van der Waals surface area (Å²) < 4.78 is 12.8. The molecule has 280 valence electrons. The van der Waals surface area contributed by atoms with Crippen LogP contribution in [0.3, 0.4) is 0 Å². The van der Waals surface area contributed by atoms with Crippen molar-refractivity contribution in [1.82, 2.24) is 15.0 Å². The van der Waals surface area contributed by atoms with Gasteiger partial charge in [-0.05, 0) is 80.6 Å². The monoisotopic (exact) mass is 767 g/mol. The van der Waals surface area contributed by atoms with Crippen molar-refractivity contribution in [1.29, 1.82) is 0 Å². The van der Waals surface area contributed by atoms with Crippen molar-refractivity contribution < 1.29 is 8.83 Å². The van der Waals surface area contributed by atoms with E-state index in [9.17, 15) is 0 Å². The Morgan fingerprint density at radius 1 is 0.267 bits per heavy atom. The number of benzene rings is 9. The fourth-order valence-electron chi connectivity index (χ4n) is 8.67. The molecule has 0 bridgehead atoms. The predicted molar refractivity (Wildman–Crippen MR) is 245 cm³/mol. The standard InChI is InChI=1S/C55H33N3O2/c1-2-13-36(14-3-1)53-56-54(37-27-24-35(25-28-37)39-29-26-34-12-4-5-15-38(34)32-39)58-55(57-53)44-17-7-6-16-42(44)43-20-11-23-50-52(43)46-33-40(30-31-48(46)60-50)41-19-10-22-49-51(41)45-18-8-9-21-47(45)59-49/h1-33H. The summed E-state index contributed by atoms with van der Waals surface area (Å²) in [7, 11) is 0. The molecule has 0 unspecified atom stereocenters. The largest absolute Gasteiger partial charge is 0.456 e. The van der Waals surface area contributed by atoms with E-state index in [1.54, 1.807) is 0 Å². The van der Waals surface area contributed by atoms with E-state index >= 15 is 0 Å². The molecule has 0 saturated carbocycles. The highest BCUT2D eigenvalue weighted by Gasteiger charge is 2.20. The van der Waals surface area contributed by atoms with Crippen LogP contribution in [-0.2, 0) is 0 Å². The topological polar surface area (TPSA) is 65.0 Å². The third kappa shape index (κ3) is 5.67. The van der Waals surface area contributed by atoms with Crippen LogP contribution in [0.5, 0.6) is 0 Å². The van der Waals surface area contributed by atoms with Crippen LogP contribution in [0.15, 0.2) is 209 Å². The van der Waals surface area contributed by atoms with Gasteiger partial charge >= 0.3 is 0 Å². The number of furan rings is 2. The lowest BCUT2D eigenvalue weighted by atomic mass is 9.93. The second kappa shape index (κ2) is 13.8. The van der Waals surface area contributed by atoms with Crippen LogP contribution in [0.25, 0.3) is 122 Å². The molecule has 9 aromatic carbocycles. The minimum atomic E-state index is 0.595. The van der Waals surface area contributed by atoms with Gasteiger partial charge in [-0.15, -0.1) is 0 Å². The smallest absolute Gasteiger partial charge is 0.164 e. The van der Waals surface area contributed by atoms with Gasteiger partial charge in [0.25, 0.3) is 0 Å². The van der Waals surface area contributed by atoms with Crippen LogP contribution in [0.4, 0.5) is 0 Å². The third-order valence-electron chi connectivity index (χ3n) is 11.6. The van der Waals surface area contributed by atoms with Crippen molar-refractivity contribution in [3.8, 4) is 67.5 Å². The lowest BCUT2D eigenvalue weighted by molar-refractivity contribution is 0.669. The highest BCUT2D eigenvalue weighted by atomic mass is 16.3. The first-order valence-electron chi connectivity index (χ1n) is 20.1. The molecule has 0 saturated heterocycles. The summed E-state index contributed by atoms with van der Waals surface area (Å²) in [6.45, 7) is 0. The first kappa shape index (κ1) is 33.9. The first-order chi connectivity index (χ1) is 29.7. The number of rotatable bonds is 6. The van der Waals surface area contributed by atoms with Crippen molar-refractivity contribution in [3.63, 3.8) is 0 Å². The van der Waals surface area contributed by atoms with Crippen molar-refractivity contribution in [2.45, 2.75) is 0 Å². The predicted octanol–water partition coefficient (Wildman–Crippen LogP) is 14.8. The van der Waals surface area contributed by atoms with Crippen LogP contribution >= 0.6 is 0 Å². The first-order valence-corrected chi connectivity index (χ1v) is 20.1. The lowest BCUT2D eigenvalue weighted by Gasteiger charge is -2.13. The summed E-state index contributed by atoms with van der Waals surface area (Å²) in [5, 5.41) is 6.71. The van der Waals surface area contributed by atoms with Gasteiger partial charge in [-0.3, -0.25) is 0 Å². The van der Waals surface area contributed by atoms with Gasteiger partial charge in [-0.1, -0.05) is 164 Å². The number of nitrogens with zero attached hydrogens (tertiary/aromatic N) is 3. The Morgan fingerprint density at radius 3 is 1.60 bits per heavy atom.